The number of anilines is 3. The van der Waals surface area contributed by atoms with E-state index < -0.39 is 10.8 Å². The molecule has 10 aromatic carbocycles. The van der Waals surface area contributed by atoms with Crippen molar-refractivity contribution in [1.29, 1.82) is 0 Å². The van der Waals surface area contributed by atoms with Crippen LogP contribution in [0.2, 0.25) is 0 Å². The van der Waals surface area contributed by atoms with E-state index in [1.54, 1.807) is 0 Å². The highest BCUT2D eigenvalue weighted by Crippen LogP contribution is 2.66. The van der Waals surface area contributed by atoms with E-state index in [0.717, 1.165) is 17.1 Å². The van der Waals surface area contributed by atoms with Crippen molar-refractivity contribution in [2.45, 2.75) is 87.9 Å². The fourth-order valence-electron chi connectivity index (χ4n) is 14.4. The lowest BCUT2D eigenvalue weighted by Crippen LogP contribution is -2.54. The first-order valence-corrected chi connectivity index (χ1v) is 27.0. The standard InChI is InChI=1S/C74H65N/c1-69(2)63-38-24-21-35-57(63)60-47-54(41-44-65(60)71(69,5)6)75(55-42-45-66-61(48-55)58-36-22-25-39-64(58)70(3,4)72(66,7)8)56-43-46-68-62(49-56)59-37-23-26-40-67(59)73(50-27-13-9-14-28-50,51-29-15-10-16-30-51)74(68,52-31-17-11-18-32-52)53-33-19-12-20-34-53/h9-49H,1-8H3. The summed E-state index contributed by atoms with van der Waals surface area (Å²) in [7, 11) is 0. The van der Waals surface area contributed by atoms with Crippen molar-refractivity contribution in [1.82, 2.24) is 0 Å². The Labute approximate surface area is 445 Å². The van der Waals surface area contributed by atoms with Crippen LogP contribution in [0.3, 0.4) is 0 Å². The highest BCUT2D eigenvalue weighted by molar-refractivity contribution is 5.92. The summed E-state index contributed by atoms with van der Waals surface area (Å²) in [6.07, 6.45) is 0. The molecule has 3 aliphatic rings. The Morgan fingerprint density at radius 3 is 0.773 bits per heavy atom. The smallest absolute Gasteiger partial charge is 0.0635 e. The van der Waals surface area contributed by atoms with Gasteiger partial charge in [-0.15, -0.1) is 0 Å². The van der Waals surface area contributed by atoms with Gasteiger partial charge in [-0.25, -0.2) is 0 Å². The summed E-state index contributed by atoms with van der Waals surface area (Å²) in [4.78, 5) is 2.55. The number of rotatable bonds is 7. The average molecular weight is 968 g/mol. The van der Waals surface area contributed by atoms with E-state index >= 15 is 0 Å². The number of benzene rings is 10. The van der Waals surface area contributed by atoms with Crippen LogP contribution < -0.4 is 4.90 Å². The van der Waals surface area contributed by atoms with Crippen molar-refractivity contribution >= 4 is 17.1 Å². The van der Waals surface area contributed by atoms with Crippen molar-refractivity contribution in [3.63, 3.8) is 0 Å². The molecule has 0 atom stereocenters. The Hall–Kier alpha value is -8.00. The molecule has 0 radical (unpaired) electrons. The van der Waals surface area contributed by atoms with Crippen LogP contribution in [-0.2, 0) is 32.5 Å². The molecule has 75 heavy (non-hydrogen) atoms. The van der Waals surface area contributed by atoms with Gasteiger partial charge >= 0.3 is 0 Å². The fourth-order valence-corrected chi connectivity index (χ4v) is 14.4. The number of hydrogen-bond acceptors (Lipinski definition) is 1. The number of hydrogen-bond donors (Lipinski definition) is 0. The highest BCUT2D eigenvalue weighted by atomic mass is 15.1. The minimum atomic E-state index is -0.743. The maximum Gasteiger partial charge on any atom is 0.0635 e. The largest absolute Gasteiger partial charge is 0.310 e. The molecule has 1 nitrogen and oxygen atoms in total. The lowest BCUT2D eigenvalue weighted by molar-refractivity contribution is 0.299. The predicted molar refractivity (Wildman–Crippen MR) is 315 cm³/mol. The third-order valence-electron chi connectivity index (χ3n) is 19.5. The van der Waals surface area contributed by atoms with E-state index in [2.05, 4.69) is 309 Å². The SMILES string of the molecule is CC1(C)c2ccccc2-c2cc(N(c3ccc4c(c3)-c3ccccc3C(C)(C)C4(C)C)c3ccc4c(c3)-c3ccccc3C(c3ccccc3)(c3ccccc3)C4(c3ccccc3)c3ccccc3)ccc2C1(C)C. The third kappa shape index (κ3) is 6.31. The topological polar surface area (TPSA) is 3.24 Å². The normalized spacial score (nSPS) is 17.2. The molecular formula is C74H65N. The van der Waals surface area contributed by atoms with E-state index in [1.165, 1.54) is 89.0 Å². The summed E-state index contributed by atoms with van der Waals surface area (Å²) in [5, 5.41) is 0. The molecule has 1 heteroatoms. The molecule has 0 aliphatic heterocycles. The van der Waals surface area contributed by atoms with Crippen molar-refractivity contribution in [2.24, 2.45) is 0 Å². The summed E-state index contributed by atoms with van der Waals surface area (Å²) in [5.74, 6) is 0. The fraction of sp³-hybridized carbons (Fsp3) is 0.189. The molecule has 0 spiro atoms. The molecule has 13 rings (SSSR count). The number of fused-ring (bicyclic) bond motifs is 9. The minimum Gasteiger partial charge on any atom is -0.310 e. The van der Waals surface area contributed by atoms with E-state index in [9.17, 15) is 0 Å². The highest BCUT2D eigenvalue weighted by Gasteiger charge is 2.61. The Kier molecular flexibility index (Phi) is 10.4. The zero-order valence-electron chi connectivity index (χ0n) is 44.6. The molecule has 0 heterocycles. The zero-order chi connectivity index (χ0) is 51.5. The maximum atomic E-state index is 2.55. The van der Waals surface area contributed by atoms with Gasteiger partial charge in [0, 0.05) is 17.1 Å². The van der Waals surface area contributed by atoms with E-state index in [0.29, 0.717) is 0 Å². The molecule has 0 bridgehead atoms. The molecule has 0 N–H and O–H groups in total. The summed E-state index contributed by atoms with van der Waals surface area (Å²) in [5.41, 5.74) is 22.3. The van der Waals surface area contributed by atoms with Gasteiger partial charge < -0.3 is 4.90 Å². The van der Waals surface area contributed by atoms with Crippen LogP contribution in [0, 0.1) is 0 Å². The second kappa shape index (κ2) is 16.8. The second-order valence-corrected chi connectivity index (χ2v) is 23.6. The van der Waals surface area contributed by atoms with Gasteiger partial charge in [-0.05, 0) is 147 Å². The van der Waals surface area contributed by atoms with Gasteiger partial charge in [-0.1, -0.05) is 268 Å². The van der Waals surface area contributed by atoms with Gasteiger partial charge in [0.05, 0.1) is 10.8 Å². The average Bonchev–Trinajstić information content (AvgIpc) is 3.64. The van der Waals surface area contributed by atoms with E-state index in [1.807, 2.05) is 0 Å². The van der Waals surface area contributed by atoms with Crippen molar-refractivity contribution in [3.8, 4) is 33.4 Å². The molecule has 366 valence electrons. The lowest BCUT2D eigenvalue weighted by atomic mass is 9.43. The van der Waals surface area contributed by atoms with Crippen molar-refractivity contribution < 1.29 is 0 Å². The Morgan fingerprint density at radius 1 is 0.213 bits per heavy atom. The molecule has 0 aromatic heterocycles. The molecule has 0 fully saturated rings. The molecular weight excluding hydrogens is 903 g/mol. The van der Waals surface area contributed by atoms with Crippen molar-refractivity contribution in [2.75, 3.05) is 4.90 Å². The van der Waals surface area contributed by atoms with Crippen LogP contribution >= 0.6 is 0 Å². The zero-order valence-corrected chi connectivity index (χ0v) is 44.6. The van der Waals surface area contributed by atoms with Crippen LogP contribution in [-0.4, -0.2) is 0 Å². The minimum absolute atomic E-state index is 0.0745. The van der Waals surface area contributed by atoms with Crippen LogP contribution in [0.25, 0.3) is 33.4 Å². The molecule has 0 unspecified atom stereocenters. The van der Waals surface area contributed by atoms with Gasteiger partial charge in [-0.3, -0.25) is 0 Å². The van der Waals surface area contributed by atoms with E-state index in [4.69, 9.17) is 0 Å². The summed E-state index contributed by atoms with van der Waals surface area (Å²) in [6.45, 7) is 19.4. The first-order chi connectivity index (χ1) is 36.3. The van der Waals surface area contributed by atoms with Gasteiger partial charge in [-0.2, -0.15) is 0 Å². The van der Waals surface area contributed by atoms with E-state index in [-0.39, 0.29) is 21.7 Å². The quantitative estimate of drug-likeness (QED) is 0.154. The molecule has 0 saturated heterocycles. The summed E-state index contributed by atoms with van der Waals surface area (Å²) in [6, 6.07) is 94.9. The third-order valence-corrected chi connectivity index (χ3v) is 19.5. The molecule has 0 saturated carbocycles. The number of nitrogens with zero attached hydrogens (tertiary/aromatic N) is 1. The first-order valence-electron chi connectivity index (χ1n) is 27.0. The Balaban J connectivity index is 1.14. The summed E-state index contributed by atoms with van der Waals surface area (Å²) >= 11 is 0. The van der Waals surface area contributed by atoms with Crippen LogP contribution in [0.5, 0.6) is 0 Å². The monoisotopic (exact) mass is 968 g/mol. The van der Waals surface area contributed by atoms with Gasteiger partial charge in [0.1, 0.15) is 0 Å². The van der Waals surface area contributed by atoms with Gasteiger partial charge in [0.25, 0.3) is 0 Å². The lowest BCUT2D eigenvalue weighted by Gasteiger charge is -2.57. The predicted octanol–water partition coefficient (Wildman–Crippen LogP) is 19.0. The Morgan fingerprint density at radius 2 is 0.440 bits per heavy atom. The Bertz CT molecular complexity index is 3620. The molecule has 10 aromatic rings. The van der Waals surface area contributed by atoms with Crippen LogP contribution in [0.15, 0.2) is 249 Å². The van der Waals surface area contributed by atoms with Crippen LogP contribution in [0.1, 0.15) is 111 Å². The maximum absolute atomic E-state index is 2.55. The van der Waals surface area contributed by atoms with Gasteiger partial charge in [0.15, 0.2) is 0 Å². The second-order valence-electron chi connectivity index (χ2n) is 23.6. The molecule has 0 amide bonds. The van der Waals surface area contributed by atoms with Crippen molar-refractivity contribution in [3.05, 3.63) is 304 Å². The van der Waals surface area contributed by atoms with Gasteiger partial charge in [0.2, 0.25) is 0 Å². The first kappa shape index (κ1) is 46.8. The molecule has 3 aliphatic carbocycles. The van der Waals surface area contributed by atoms with Crippen LogP contribution in [0.4, 0.5) is 17.1 Å². The summed E-state index contributed by atoms with van der Waals surface area (Å²) < 4.78 is 0.